The lowest BCUT2D eigenvalue weighted by molar-refractivity contribution is 0.106. The Balaban J connectivity index is 2.19. The van der Waals surface area contributed by atoms with Gasteiger partial charge in [0.25, 0.3) is 0 Å². The number of carbonyl (C=O) groups excluding carboxylic acids is 1. The Kier molecular flexibility index (Phi) is 4.24. The summed E-state index contributed by atoms with van der Waals surface area (Å²) in [4.78, 5) is 13.7. The fourth-order valence-electron chi connectivity index (χ4n) is 2.60. The van der Waals surface area contributed by atoms with Crippen molar-refractivity contribution in [1.82, 2.24) is 4.90 Å². The summed E-state index contributed by atoms with van der Waals surface area (Å²) in [5.74, 6) is 0.424. The number of amides is 1. The van der Waals surface area contributed by atoms with Gasteiger partial charge in [0.15, 0.2) is 0 Å². The summed E-state index contributed by atoms with van der Waals surface area (Å²) in [7, 11) is 0. The Hall–Kier alpha value is -1.51. The van der Waals surface area contributed by atoms with Gasteiger partial charge in [0.1, 0.15) is 0 Å². The van der Waals surface area contributed by atoms with E-state index in [2.05, 4.69) is 31.2 Å². The fourth-order valence-corrected chi connectivity index (χ4v) is 2.60. The van der Waals surface area contributed by atoms with E-state index >= 15 is 0 Å². The number of ether oxygens (including phenoxy) is 1. The van der Waals surface area contributed by atoms with Gasteiger partial charge in [-0.2, -0.15) is 0 Å². The van der Waals surface area contributed by atoms with Crippen molar-refractivity contribution in [1.29, 1.82) is 0 Å². The summed E-state index contributed by atoms with van der Waals surface area (Å²) in [6, 6.07) is 8.53. The highest BCUT2D eigenvalue weighted by Crippen LogP contribution is 2.28. The molecule has 98 valence electrons. The minimum atomic E-state index is -0.177. The van der Waals surface area contributed by atoms with E-state index in [4.69, 9.17) is 4.74 Å². The molecule has 3 nitrogen and oxygen atoms in total. The average Bonchev–Trinajstić information content (AvgIpc) is 2.58. The summed E-state index contributed by atoms with van der Waals surface area (Å²) in [5, 5.41) is 0. The van der Waals surface area contributed by atoms with Crippen LogP contribution in [0.25, 0.3) is 0 Å². The molecule has 1 atom stereocenters. The highest BCUT2D eigenvalue weighted by atomic mass is 16.6. The van der Waals surface area contributed by atoms with Crippen LogP contribution in [0.3, 0.4) is 0 Å². The third-order valence-electron chi connectivity index (χ3n) is 3.61. The van der Waals surface area contributed by atoms with Crippen LogP contribution < -0.4 is 0 Å². The van der Waals surface area contributed by atoms with Crippen LogP contribution in [-0.4, -0.2) is 30.7 Å². The van der Waals surface area contributed by atoms with Crippen molar-refractivity contribution in [3.8, 4) is 0 Å². The molecule has 2 rings (SSSR count). The lowest BCUT2D eigenvalue weighted by Crippen LogP contribution is -2.35. The summed E-state index contributed by atoms with van der Waals surface area (Å²) in [6.07, 6.45) is 1.79. The minimum Gasteiger partial charge on any atom is -0.450 e. The van der Waals surface area contributed by atoms with Crippen molar-refractivity contribution in [2.45, 2.75) is 32.6 Å². The molecule has 1 aliphatic rings. The van der Waals surface area contributed by atoms with Crippen molar-refractivity contribution in [2.24, 2.45) is 0 Å². The number of nitrogens with zero attached hydrogens (tertiary/aromatic N) is 1. The zero-order chi connectivity index (χ0) is 13.0. The largest absolute Gasteiger partial charge is 0.450 e. The van der Waals surface area contributed by atoms with Crippen molar-refractivity contribution in [2.75, 3.05) is 19.7 Å². The van der Waals surface area contributed by atoms with Crippen molar-refractivity contribution in [3.05, 3.63) is 35.4 Å². The average molecular weight is 247 g/mol. The van der Waals surface area contributed by atoms with Gasteiger partial charge in [-0.3, -0.25) is 0 Å². The molecule has 0 fully saturated rings. The van der Waals surface area contributed by atoms with Gasteiger partial charge in [-0.05, 0) is 30.9 Å². The van der Waals surface area contributed by atoms with Crippen molar-refractivity contribution in [3.63, 3.8) is 0 Å². The Bertz CT molecular complexity index is 417. The number of fused-ring (bicyclic) bond motifs is 1. The first-order chi connectivity index (χ1) is 8.76. The molecule has 0 saturated carbocycles. The predicted molar refractivity (Wildman–Crippen MR) is 71.8 cm³/mol. The quantitative estimate of drug-likeness (QED) is 0.803. The molecule has 1 aromatic rings. The van der Waals surface area contributed by atoms with Gasteiger partial charge in [-0.25, -0.2) is 4.79 Å². The first-order valence-corrected chi connectivity index (χ1v) is 6.75. The third-order valence-corrected chi connectivity index (χ3v) is 3.61. The summed E-state index contributed by atoms with van der Waals surface area (Å²) >= 11 is 0. The first-order valence-electron chi connectivity index (χ1n) is 6.75. The molecule has 0 spiro atoms. The molecule has 18 heavy (non-hydrogen) atoms. The molecule has 0 radical (unpaired) electrons. The Morgan fingerprint density at radius 1 is 1.39 bits per heavy atom. The maximum atomic E-state index is 11.9. The van der Waals surface area contributed by atoms with Gasteiger partial charge in [0.05, 0.1) is 6.61 Å². The molecule has 0 saturated heterocycles. The number of hydrogen-bond donors (Lipinski definition) is 0. The van der Waals surface area contributed by atoms with E-state index in [1.807, 2.05) is 11.8 Å². The minimum absolute atomic E-state index is 0.177. The molecule has 0 aliphatic carbocycles. The Morgan fingerprint density at radius 2 is 2.17 bits per heavy atom. The summed E-state index contributed by atoms with van der Waals surface area (Å²) < 4.78 is 5.12. The van der Waals surface area contributed by atoms with Gasteiger partial charge in [-0.1, -0.05) is 31.2 Å². The second-order valence-corrected chi connectivity index (χ2v) is 4.70. The molecule has 1 unspecified atom stereocenters. The second-order valence-electron chi connectivity index (χ2n) is 4.70. The number of carbonyl (C=O) groups is 1. The molecule has 0 aromatic heterocycles. The van der Waals surface area contributed by atoms with Crippen molar-refractivity contribution < 1.29 is 9.53 Å². The van der Waals surface area contributed by atoms with Gasteiger partial charge in [0, 0.05) is 19.0 Å². The molecule has 1 aromatic carbocycles. The van der Waals surface area contributed by atoms with Crippen molar-refractivity contribution >= 4 is 6.09 Å². The van der Waals surface area contributed by atoms with Crippen LogP contribution in [0.1, 0.15) is 37.3 Å². The third kappa shape index (κ3) is 2.66. The lowest BCUT2D eigenvalue weighted by Gasteiger charge is -2.23. The monoisotopic (exact) mass is 247 g/mol. The van der Waals surface area contributed by atoms with Gasteiger partial charge >= 0.3 is 6.09 Å². The molecule has 0 bridgehead atoms. The second kappa shape index (κ2) is 5.89. The highest BCUT2D eigenvalue weighted by Gasteiger charge is 2.25. The van der Waals surface area contributed by atoms with E-state index in [0.717, 1.165) is 25.9 Å². The van der Waals surface area contributed by atoms with Crippen LogP contribution in [-0.2, 0) is 11.2 Å². The van der Waals surface area contributed by atoms with Gasteiger partial charge in [0.2, 0.25) is 0 Å². The van der Waals surface area contributed by atoms with Crippen LogP contribution in [0.4, 0.5) is 4.79 Å². The molecule has 1 aliphatic heterocycles. The van der Waals surface area contributed by atoms with E-state index < -0.39 is 0 Å². The van der Waals surface area contributed by atoms with E-state index in [-0.39, 0.29) is 6.09 Å². The molecule has 3 heteroatoms. The summed E-state index contributed by atoms with van der Waals surface area (Å²) in [6.45, 7) is 6.00. The molecular formula is C15H21NO2. The van der Waals surface area contributed by atoms with Gasteiger partial charge < -0.3 is 9.64 Å². The van der Waals surface area contributed by atoms with E-state index in [1.165, 1.54) is 11.1 Å². The maximum Gasteiger partial charge on any atom is 0.409 e. The molecule has 1 amide bonds. The SMILES string of the molecule is CCOC(=O)N1CCc2ccccc2C(CC)C1. The predicted octanol–water partition coefficient (Wildman–Crippen LogP) is 3.19. The van der Waals surface area contributed by atoms with Crippen LogP contribution in [0, 0.1) is 0 Å². The maximum absolute atomic E-state index is 11.9. The van der Waals surface area contributed by atoms with E-state index in [0.29, 0.717) is 12.5 Å². The van der Waals surface area contributed by atoms with Gasteiger partial charge in [-0.15, -0.1) is 0 Å². The van der Waals surface area contributed by atoms with Crippen LogP contribution in [0.15, 0.2) is 24.3 Å². The topological polar surface area (TPSA) is 29.5 Å². The lowest BCUT2D eigenvalue weighted by atomic mass is 9.92. The number of rotatable bonds is 2. The first kappa shape index (κ1) is 12.9. The Labute approximate surface area is 109 Å². The highest BCUT2D eigenvalue weighted by molar-refractivity contribution is 5.68. The molecular weight excluding hydrogens is 226 g/mol. The normalized spacial score (nSPS) is 19.0. The molecule has 0 N–H and O–H groups in total. The number of benzene rings is 1. The Morgan fingerprint density at radius 3 is 2.89 bits per heavy atom. The van der Waals surface area contributed by atoms with E-state index in [9.17, 15) is 4.79 Å². The van der Waals surface area contributed by atoms with Crippen LogP contribution in [0.2, 0.25) is 0 Å². The number of hydrogen-bond acceptors (Lipinski definition) is 2. The van der Waals surface area contributed by atoms with Crippen LogP contribution in [0.5, 0.6) is 0 Å². The molecule has 1 heterocycles. The van der Waals surface area contributed by atoms with E-state index in [1.54, 1.807) is 0 Å². The zero-order valence-corrected chi connectivity index (χ0v) is 11.2. The summed E-state index contributed by atoms with van der Waals surface area (Å²) in [5.41, 5.74) is 2.77. The smallest absolute Gasteiger partial charge is 0.409 e. The zero-order valence-electron chi connectivity index (χ0n) is 11.2. The standard InChI is InChI=1S/C15H21NO2/c1-3-12-11-16(15(17)18-4-2)10-9-13-7-5-6-8-14(12)13/h5-8,12H,3-4,9-11H2,1-2H3. The van der Waals surface area contributed by atoms with Crippen LogP contribution >= 0.6 is 0 Å². The fraction of sp³-hybridized carbons (Fsp3) is 0.533.